The Kier molecular flexibility index (Phi) is 5.64. The SMILES string of the molecule is CC1CCCCC1N1CCCC(C(=O)NCCN)C1. The Morgan fingerprint density at radius 3 is 2.79 bits per heavy atom. The summed E-state index contributed by atoms with van der Waals surface area (Å²) in [5.74, 6) is 1.17. The molecule has 0 aromatic rings. The second kappa shape index (κ2) is 7.25. The van der Waals surface area contributed by atoms with Crippen molar-refractivity contribution in [3.05, 3.63) is 0 Å². The summed E-state index contributed by atoms with van der Waals surface area (Å²) in [4.78, 5) is 14.7. The topological polar surface area (TPSA) is 58.4 Å². The molecule has 1 amide bonds. The number of carbonyl (C=O) groups is 1. The summed E-state index contributed by atoms with van der Waals surface area (Å²) in [6.07, 6.45) is 7.60. The maximum atomic E-state index is 12.1. The third kappa shape index (κ3) is 3.93. The highest BCUT2D eigenvalue weighted by molar-refractivity contribution is 5.78. The molecule has 4 heteroatoms. The van der Waals surface area contributed by atoms with Gasteiger partial charge >= 0.3 is 0 Å². The van der Waals surface area contributed by atoms with Crippen LogP contribution in [0.25, 0.3) is 0 Å². The number of carbonyl (C=O) groups excluding carboxylic acids is 1. The maximum Gasteiger partial charge on any atom is 0.224 e. The van der Waals surface area contributed by atoms with Crippen LogP contribution in [0.1, 0.15) is 45.4 Å². The fourth-order valence-corrected chi connectivity index (χ4v) is 3.70. The van der Waals surface area contributed by atoms with Gasteiger partial charge in [0.25, 0.3) is 0 Å². The van der Waals surface area contributed by atoms with Gasteiger partial charge in [-0.2, -0.15) is 0 Å². The molecule has 3 unspecified atom stereocenters. The van der Waals surface area contributed by atoms with Gasteiger partial charge in [-0.15, -0.1) is 0 Å². The Bertz CT molecular complexity index is 295. The second-order valence-electron chi connectivity index (χ2n) is 6.24. The standard InChI is InChI=1S/C15H29N3O/c1-12-5-2-3-7-14(12)18-10-4-6-13(11-18)15(19)17-9-8-16/h12-14H,2-11,16H2,1H3,(H,17,19). The van der Waals surface area contributed by atoms with E-state index >= 15 is 0 Å². The van der Waals surface area contributed by atoms with E-state index in [2.05, 4.69) is 17.1 Å². The van der Waals surface area contributed by atoms with Crippen LogP contribution in [-0.2, 0) is 4.79 Å². The predicted octanol–water partition coefficient (Wildman–Crippen LogP) is 1.35. The molecule has 2 rings (SSSR count). The molecule has 0 radical (unpaired) electrons. The van der Waals surface area contributed by atoms with Gasteiger partial charge < -0.3 is 11.1 Å². The van der Waals surface area contributed by atoms with Crippen LogP contribution in [0.4, 0.5) is 0 Å². The molecule has 3 N–H and O–H groups in total. The van der Waals surface area contributed by atoms with E-state index in [4.69, 9.17) is 5.73 Å². The van der Waals surface area contributed by atoms with Crippen molar-refractivity contribution in [1.82, 2.24) is 10.2 Å². The minimum atomic E-state index is 0.175. The van der Waals surface area contributed by atoms with Crippen molar-refractivity contribution in [2.24, 2.45) is 17.6 Å². The molecule has 0 aromatic carbocycles. The highest BCUT2D eigenvalue weighted by Crippen LogP contribution is 2.31. The van der Waals surface area contributed by atoms with E-state index in [9.17, 15) is 4.79 Å². The Labute approximate surface area is 117 Å². The van der Waals surface area contributed by atoms with Crippen LogP contribution in [0, 0.1) is 11.8 Å². The van der Waals surface area contributed by atoms with Gasteiger partial charge in [0.1, 0.15) is 0 Å². The first-order valence-electron chi connectivity index (χ1n) is 7.94. The van der Waals surface area contributed by atoms with E-state index in [0.29, 0.717) is 19.1 Å². The van der Waals surface area contributed by atoms with Crippen LogP contribution in [0.3, 0.4) is 0 Å². The van der Waals surface area contributed by atoms with Crippen molar-refractivity contribution < 1.29 is 4.79 Å². The lowest BCUT2D eigenvalue weighted by atomic mass is 9.83. The zero-order valence-corrected chi connectivity index (χ0v) is 12.2. The molecule has 1 aliphatic carbocycles. The van der Waals surface area contributed by atoms with Crippen LogP contribution in [-0.4, -0.2) is 43.0 Å². The summed E-state index contributed by atoms with van der Waals surface area (Å²) in [6.45, 7) is 5.64. The van der Waals surface area contributed by atoms with Crippen LogP contribution in [0.5, 0.6) is 0 Å². The highest BCUT2D eigenvalue weighted by Gasteiger charge is 2.32. The first-order valence-corrected chi connectivity index (χ1v) is 7.94. The lowest BCUT2D eigenvalue weighted by molar-refractivity contribution is -0.127. The molecule has 110 valence electrons. The van der Waals surface area contributed by atoms with E-state index in [1.165, 1.54) is 32.2 Å². The number of nitrogens with one attached hydrogen (secondary N) is 1. The number of hydrogen-bond acceptors (Lipinski definition) is 3. The number of likely N-dealkylation sites (tertiary alicyclic amines) is 1. The number of hydrogen-bond donors (Lipinski definition) is 2. The third-order valence-electron chi connectivity index (χ3n) is 4.80. The lowest BCUT2D eigenvalue weighted by Crippen LogP contribution is -2.50. The van der Waals surface area contributed by atoms with Crippen molar-refractivity contribution in [2.75, 3.05) is 26.2 Å². The first kappa shape index (κ1) is 14.8. The second-order valence-corrected chi connectivity index (χ2v) is 6.24. The molecule has 0 aromatic heterocycles. The van der Waals surface area contributed by atoms with Crippen molar-refractivity contribution in [1.29, 1.82) is 0 Å². The van der Waals surface area contributed by atoms with Gasteiger partial charge in [0.2, 0.25) is 5.91 Å². The van der Waals surface area contributed by atoms with Gasteiger partial charge in [-0.3, -0.25) is 9.69 Å². The molecule has 19 heavy (non-hydrogen) atoms. The Balaban J connectivity index is 1.87. The monoisotopic (exact) mass is 267 g/mol. The maximum absolute atomic E-state index is 12.1. The van der Waals surface area contributed by atoms with Crippen molar-refractivity contribution in [2.45, 2.75) is 51.5 Å². The van der Waals surface area contributed by atoms with E-state index in [0.717, 1.165) is 25.3 Å². The van der Waals surface area contributed by atoms with Crippen LogP contribution < -0.4 is 11.1 Å². The smallest absolute Gasteiger partial charge is 0.224 e. The average molecular weight is 267 g/mol. The largest absolute Gasteiger partial charge is 0.355 e. The minimum Gasteiger partial charge on any atom is -0.355 e. The van der Waals surface area contributed by atoms with Gasteiger partial charge in [-0.05, 0) is 38.1 Å². The van der Waals surface area contributed by atoms with E-state index in [1.807, 2.05) is 0 Å². The van der Waals surface area contributed by atoms with Crippen LogP contribution in [0.2, 0.25) is 0 Å². The molecule has 0 spiro atoms. The molecule has 1 saturated heterocycles. The summed E-state index contributed by atoms with van der Waals surface area (Å²) in [5.41, 5.74) is 5.44. The minimum absolute atomic E-state index is 0.175. The van der Waals surface area contributed by atoms with Gasteiger partial charge in [-0.25, -0.2) is 0 Å². The number of nitrogens with two attached hydrogens (primary N) is 1. The van der Waals surface area contributed by atoms with Gasteiger partial charge in [0.05, 0.1) is 5.92 Å². The van der Waals surface area contributed by atoms with Crippen LogP contribution in [0.15, 0.2) is 0 Å². The predicted molar refractivity (Wildman–Crippen MR) is 77.8 cm³/mol. The number of amides is 1. The first-order chi connectivity index (χ1) is 9.22. The van der Waals surface area contributed by atoms with Gasteiger partial charge in [0, 0.05) is 25.7 Å². The van der Waals surface area contributed by atoms with Crippen molar-refractivity contribution in [3.63, 3.8) is 0 Å². The zero-order valence-electron chi connectivity index (χ0n) is 12.2. The molecular formula is C15H29N3O. The number of piperidine rings is 1. The average Bonchev–Trinajstić information content (AvgIpc) is 2.45. The molecular weight excluding hydrogens is 238 g/mol. The molecule has 0 bridgehead atoms. The summed E-state index contributed by atoms with van der Waals surface area (Å²) >= 11 is 0. The lowest BCUT2D eigenvalue weighted by Gasteiger charge is -2.42. The summed E-state index contributed by atoms with van der Waals surface area (Å²) in [7, 11) is 0. The van der Waals surface area contributed by atoms with E-state index in [-0.39, 0.29) is 11.8 Å². The number of nitrogens with zero attached hydrogens (tertiary/aromatic N) is 1. The van der Waals surface area contributed by atoms with E-state index in [1.54, 1.807) is 0 Å². The molecule has 1 aliphatic heterocycles. The molecule has 1 heterocycles. The van der Waals surface area contributed by atoms with Crippen molar-refractivity contribution >= 4 is 5.91 Å². The molecule has 3 atom stereocenters. The highest BCUT2D eigenvalue weighted by atomic mass is 16.1. The summed E-state index contributed by atoms with van der Waals surface area (Å²) in [6, 6.07) is 0.707. The third-order valence-corrected chi connectivity index (χ3v) is 4.80. The zero-order chi connectivity index (χ0) is 13.7. The quantitative estimate of drug-likeness (QED) is 0.808. The molecule has 2 fully saturated rings. The van der Waals surface area contributed by atoms with Crippen LogP contribution >= 0.6 is 0 Å². The normalized spacial score (nSPS) is 33.1. The Morgan fingerprint density at radius 1 is 1.26 bits per heavy atom. The fourth-order valence-electron chi connectivity index (χ4n) is 3.70. The fraction of sp³-hybridized carbons (Fsp3) is 0.933. The summed E-state index contributed by atoms with van der Waals surface area (Å²) < 4.78 is 0. The molecule has 1 saturated carbocycles. The van der Waals surface area contributed by atoms with Gasteiger partial charge in [-0.1, -0.05) is 19.8 Å². The number of rotatable bonds is 4. The van der Waals surface area contributed by atoms with Crippen molar-refractivity contribution in [3.8, 4) is 0 Å². The van der Waals surface area contributed by atoms with E-state index < -0.39 is 0 Å². The molecule has 2 aliphatic rings. The molecule has 4 nitrogen and oxygen atoms in total. The Hall–Kier alpha value is -0.610. The van der Waals surface area contributed by atoms with Gasteiger partial charge in [0.15, 0.2) is 0 Å². The Morgan fingerprint density at radius 2 is 2.05 bits per heavy atom. The summed E-state index contributed by atoms with van der Waals surface area (Å²) in [5, 5.41) is 2.95.